The SMILES string of the molecule is O=C(CC1CCSCC1)N[C@H](Cc1cnc[nH]1)C(=O)O. The summed E-state index contributed by atoms with van der Waals surface area (Å²) in [4.78, 5) is 29.8. The Kier molecular flexibility index (Phi) is 5.46. The molecule has 1 aromatic rings. The molecule has 1 aliphatic rings. The first-order chi connectivity index (χ1) is 9.65. The van der Waals surface area contributed by atoms with Gasteiger partial charge in [-0.25, -0.2) is 9.78 Å². The first-order valence-corrected chi connectivity index (χ1v) is 7.88. The van der Waals surface area contributed by atoms with Crippen molar-refractivity contribution in [2.75, 3.05) is 11.5 Å². The van der Waals surface area contributed by atoms with Crippen molar-refractivity contribution in [1.29, 1.82) is 0 Å². The smallest absolute Gasteiger partial charge is 0.326 e. The molecule has 1 aliphatic heterocycles. The molecule has 0 unspecified atom stereocenters. The fourth-order valence-electron chi connectivity index (χ4n) is 2.28. The molecule has 1 atom stereocenters. The van der Waals surface area contributed by atoms with Crippen molar-refractivity contribution in [3.63, 3.8) is 0 Å². The van der Waals surface area contributed by atoms with Gasteiger partial charge in [0.2, 0.25) is 5.91 Å². The summed E-state index contributed by atoms with van der Waals surface area (Å²) in [5.74, 6) is 1.38. The number of thioether (sulfide) groups is 1. The summed E-state index contributed by atoms with van der Waals surface area (Å²) in [5, 5.41) is 11.8. The molecule has 1 amide bonds. The van der Waals surface area contributed by atoms with Crippen molar-refractivity contribution in [2.24, 2.45) is 5.92 Å². The Balaban J connectivity index is 1.83. The zero-order valence-corrected chi connectivity index (χ0v) is 12.0. The molecule has 0 aromatic carbocycles. The lowest BCUT2D eigenvalue weighted by Crippen LogP contribution is -2.43. The predicted octanol–water partition coefficient (Wildman–Crippen LogP) is 1.05. The second kappa shape index (κ2) is 7.33. The first kappa shape index (κ1) is 14.9. The van der Waals surface area contributed by atoms with E-state index in [0.717, 1.165) is 24.3 Å². The third-order valence-electron chi connectivity index (χ3n) is 3.43. The average molecular weight is 297 g/mol. The zero-order valence-electron chi connectivity index (χ0n) is 11.2. The van der Waals surface area contributed by atoms with Gasteiger partial charge in [0.15, 0.2) is 0 Å². The lowest BCUT2D eigenvalue weighted by atomic mass is 9.98. The van der Waals surface area contributed by atoms with Gasteiger partial charge in [0, 0.05) is 24.7 Å². The number of carbonyl (C=O) groups is 2. The van der Waals surface area contributed by atoms with Gasteiger partial charge in [-0.2, -0.15) is 11.8 Å². The zero-order chi connectivity index (χ0) is 14.4. The summed E-state index contributed by atoms with van der Waals surface area (Å²) in [6.45, 7) is 0. The molecular formula is C13H19N3O3S. The van der Waals surface area contributed by atoms with Crippen molar-refractivity contribution < 1.29 is 14.7 Å². The van der Waals surface area contributed by atoms with E-state index in [1.807, 2.05) is 11.8 Å². The second-order valence-corrected chi connectivity index (χ2v) is 6.22. The van der Waals surface area contributed by atoms with Crippen LogP contribution in [0.2, 0.25) is 0 Å². The normalized spacial score (nSPS) is 17.6. The van der Waals surface area contributed by atoms with Crippen molar-refractivity contribution in [2.45, 2.75) is 31.7 Å². The Morgan fingerprint density at radius 2 is 2.25 bits per heavy atom. The average Bonchev–Trinajstić information content (AvgIpc) is 2.92. The van der Waals surface area contributed by atoms with Crippen LogP contribution in [0.3, 0.4) is 0 Å². The predicted molar refractivity (Wildman–Crippen MR) is 76.5 cm³/mol. The van der Waals surface area contributed by atoms with E-state index in [1.54, 1.807) is 6.20 Å². The molecule has 6 nitrogen and oxygen atoms in total. The molecule has 7 heteroatoms. The molecule has 1 fully saturated rings. The maximum absolute atomic E-state index is 11.9. The van der Waals surface area contributed by atoms with E-state index in [0.29, 0.717) is 18.0 Å². The standard InChI is InChI=1S/C13H19N3O3S/c17-12(5-9-1-3-20-4-2-9)16-11(13(18)19)6-10-7-14-8-15-10/h7-9,11H,1-6H2,(H,14,15)(H,16,17)(H,18,19)/t11-/m1/s1. The minimum Gasteiger partial charge on any atom is -0.480 e. The third kappa shape index (κ3) is 4.56. The van der Waals surface area contributed by atoms with Gasteiger partial charge >= 0.3 is 5.97 Å². The van der Waals surface area contributed by atoms with Crippen molar-refractivity contribution in [1.82, 2.24) is 15.3 Å². The molecule has 3 N–H and O–H groups in total. The van der Waals surface area contributed by atoms with Gasteiger partial charge in [-0.3, -0.25) is 4.79 Å². The topological polar surface area (TPSA) is 95.1 Å². The number of H-pyrrole nitrogens is 1. The highest BCUT2D eigenvalue weighted by atomic mass is 32.2. The van der Waals surface area contributed by atoms with Gasteiger partial charge in [0.05, 0.1) is 6.33 Å². The van der Waals surface area contributed by atoms with Crippen molar-refractivity contribution >= 4 is 23.6 Å². The summed E-state index contributed by atoms with van der Waals surface area (Å²) in [6.07, 6.45) is 5.79. The van der Waals surface area contributed by atoms with Crippen LogP contribution in [0.4, 0.5) is 0 Å². The number of nitrogens with one attached hydrogen (secondary N) is 2. The molecule has 0 spiro atoms. The number of nitrogens with zero attached hydrogens (tertiary/aromatic N) is 1. The Hall–Kier alpha value is -1.50. The van der Waals surface area contributed by atoms with E-state index in [4.69, 9.17) is 0 Å². The summed E-state index contributed by atoms with van der Waals surface area (Å²) < 4.78 is 0. The van der Waals surface area contributed by atoms with E-state index >= 15 is 0 Å². The number of hydrogen-bond acceptors (Lipinski definition) is 4. The maximum atomic E-state index is 11.9. The lowest BCUT2D eigenvalue weighted by Gasteiger charge is -2.21. The number of imidazole rings is 1. The molecule has 0 saturated carbocycles. The molecule has 2 rings (SSSR count). The number of amides is 1. The minimum absolute atomic E-state index is 0.172. The monoisotopic (exact) mass is 297 g/mol. The molecule has 20 heavy (non-hydrogen) atoms. The fraction of sp³-hybridized carbons (Fsp3) is 0.615. The largest absolute Gasteiger partial charge is 0.480 e. The van der Waals surface area contributed by atoms with Crippen LogP contribution in [0.1, 0.15) is 25.0 Å². The second-order valence-electron chi connectivity index (χ2n) is 5.00. The number of aromatic nitrogens is 2. The molecule has 1 saturated heterocycles. The van der Waals surface area contributed by atoms with Gasteiger partial charge in [0.1, 0.15) is 6.04 Å². The highest BCUT2D eigenvalue weighted by molar-refractivity contribution is 7.99. The highest BCUT2D eigenvalue weighted by Gasteiger charge is 2.23. The highest BCUT2D eigenvalue weighted by Crippen LogP contribution is 2.25. The van der Waals surface area contributed by atoms with Crippen molar-refractivity contribution in [3.05, 3.63) is 18.2 Å². The molecule has 0 aliphatic carbocycles. The van der Waals surface area contributed by atoms with Gasteiger partial charge < -0.3 is 15.4 Å². The molecular weight excluding hydrogens is 278 g/mol. The van der Waals surface area contributed by atoms with Crippen LogP contribution in [0.25, 0.3) is 0 Å². The van der Waals surface area contributed by atoms with Gasteiger partial charge in [-0.1, -0.05) is 0 Å². The van der Waals surface area contributed by atoms with Gasteiger partial charge in [0.25, 0.3) is 0 Å². The Labute approximate surface area is 121 Å². The molecule has 110 valence electrons. The van der Waals surface area contributed by atoms with Crippen molar-refractivity contribution in [3.8, 4) is 0 Å². The van der Waals surface area contributed by atoms with Crippen LogP contribution in [0.5, 0.6) is 0 Å². The van der Waals surface area contributed by atoms with Crippen LogP contribution in [0.15, 0.2) is 12.5 Å². The third-order valence-corrected chi connectivity index (χ3v) is 4.48. The number of carbonyl (C=O) groups excluding carboxylic acids is 1. The minimum atomic E-state index is -1.02. The number of aromatic amines is 1. The summed E-state index contributed by atoms with van der Waals surface area (Å²) in [6, 6.07) is -0.902. The van der Waals surface area contributed by atoms with E-state index in [1.165, 1.54) is 6.33 Å². The fourth-order valence-corrected chi connectivity index (χ4v) is 3.49. The number of hydrogen-bond donors (Lipinski definition) is 3. The van der Waals surface area contributed by atoms with E-state index in [2.05, 4.69) is 15.3 Å². The molecule has 0 radical (unpaired) electrons. The Morgan fingerprint density at radius 3 is 2.85 bits per heavy atom. The van der Waals surface area contributed by atoms with Crippen LogP contribution in [-0.4, -0.2) is 44.5 Å². The Morgan fingerprint density at radius 1 is 1.50 bits per heavy atom. The van der Waals surface area contributed by atoms with Crippen LogP contribution < -0.4 is 5.32 Å². The molecule has 2 heterocycles. The first-order valence-electron chi connectivity index (χ1n) is 6.72. The number of carboxylic acids is 1. The van der Waals surface area contributed by atoms with Gasteiger partial charge in [-0.15, -0.1) is 0 Å². The number of rotatable bonds is 6. The number of carboxylic acid groups (broad SMARTS) is 1. The van der Waals surface area contributed by atoms with E-state index in [9.17, 15) is 14.7 Å². The molecule has 1 aromatic heterocycles. The van der Waals surface area contributed by atoms with Gasteiger partial charge in [-0.05, 0) is 30.3 Å². The van der Waals surface area contributed by atoms with Crippen LogP contribution in [0, 0.1) is 5.92 Å². The van der Waals surface area contributed by atoms with Crippen LogP contribution >= 0.6 is 11.8 Å². The lowest BCUT2D eigenvalue weighted by molar-refractivity contribution is -0.142. The van der Waals surface area contributed by atoms with E-state index in [-0.39, 0.29) is 12.3 Å². The maximum Gasteiger partial charge on any atom is 0.326 e. The quantitative estimate of drug-likeness (QED) is 0.729. The number of aliphatic carboxylic acids is 1. The Bertz CT molecular complexity index is 444. The summed E-state index contributed by atoms with van der Waals surface area (Å²) in [7, 11) is 0. The molecule has 0 bridgehead atoms. The van der Waals surface area contributed by atoms with Crippen LogP contribution in [-0.2, 0) is 16.0 Å². The summed E-state index contributed by atoms with van der Waals surface area (Å²) in [5.41, 5.74) is 0.701. The van der Waals surface area contributed by atoms with E-state index < -0.39 is 12.0 Å². The summed E-state index contributed by atoms with van der Waals surface area (Å²) >= 11 is 1.91.